The van der Waals surface area contributed by atoms with E-state index in [1.807, 2.05) is 60.7 Å². The number of carbonyl (C=O) groups excluding carboxylic acids is 1. The Morgan fingerprint density at radius 3 is 1.78 bits per heavy atom. The molecule has 0 aliphatic heterocycles. The van der Waals surface area contributed by atoms with Crippen molar-refractivity contribution in [2.75, 3.05) is 19.6 Å². The zero-order valence-electron chi connectivity index (χ0n) is 23.9. The second kappa shape index (κ2) is 17.6. The first kappa shape index (κ1) is 29.9. The molecule has 0 atom stereocenters. The fraction of sp³-hybridized carbons (Fsp3) is 0.306. The first-order valence-electron chi connectivity index (χ1n) is 14.7. The van der Waals surface area contributed by atoms with Gasteiger partial charge in [-0.1, -0.05) is 103 Å². The molecule has 0 spiro atoms. The van der Waals surface area contributed by atoms with Gasteiger partial charge in [-0.3, -0.25) is 4.79 Å². The van der Waals surface area contributed by atoms with Gasteiger partial charge in [-0.15, -0.1) is 0 Å². The number of carbonyl (C=O) groups is 1. The maximum Gasteiger partial charge on any atom is 0.220 e. The van der Waals surface area contributed by atoms with E-state index in [4.69, 9.17) is 9.47 Å². The van der Waals surface area contributed by atoms with Crippen molar-refractivity contribution in [1.82, 2.24) is 10.6 Å². The van der Waals surface area contributed by atoms with Crippen molar-refractivity contribution in [3.63, 3.8) is 0 Å². The highest BCUT2D eigenvalue weighted by Gasteiger charge is 2.09. The quantitative estimate of drug-likeness (QED) is 0.132. The Hall–Kier alpha value is -4.09. The van der Waals surface area contributed by atoms with Gasteiger partial charge >= 0.3 is 0 Å². The molecule has 0 saturated carbocycles. The molecule has 0 saturated heterocycles. The molecule has 214 valence electrons. The molecular weight excluding hydrogens is 508 g/mol. The Morgan fingerprint density at radius 1 is 0.537 bits per heavy atom. The van der Waals surface area contributed by atoms with E-state index in [2.05, 4.69) is 59.2 Å². The van der Waals surface area contributed by atoms with Crippen molar-refractivity contribution in [1.29, 1.82) is 0 Å². The van der Waals surface area contributed by atoms with Crippen LogP contribution in [0.25, 0.3) is 0 Å². The number of benzene rings is 4. The van der Waals surface area contributed by atoms with Gasteiger partial charge in [-0.05, 0) is 73.2 Å². The highest BCUT2D eigenvalue weighted by atomic mass is 16.5. The van der Waals surface area contributed by atoms with Gasteiger partial charge in [0, 0.05) is 13.0 Å². The molecule has 5 heteroatoms. The van der Waals surface area contributed by atoms with E-state index in [1.165, 1.54) is 11.1 Å². The van der Waals surface area contributed by atoms with Crippen LogP contribution < -0.4 is 20.1 Å². The Morgan fingerprint density at radius 2 is 1.12 bits per heavy atom. The minimum absolute atomic E-state index is 0.148. The average molecular weight is 551 g/mol. The molecule has 0 aliphatic carbocycles. The predicted molar refractivity (Wildman–Crippen MR) is 166 cm³/mol. The van der Waals surface area contributed by atoms with Gasteiger partial charge in [0.05, 0.1) is 0 Å². The number of nitrogens with one attached hydrogen (secondary N) is 2. The van der Waals surface area contributed by atoms with Gasteiger partial charge in [-0.25, -0.2) is 0 Å². The maximum atomic E-state index is 12.1. The van der Waals surface area contributed by atoms with E-state index in [9.17, 15) is 4.79 Å². The van der Waals surface area contributed by atoms with Crippen LogP contribution in [-0.2, 0) is 30.8 Å². The molecule has 2 N–H and O–H groups in total. The summed E-state index contributed by atoms with van der Waals surface area (Å²) in [5.74, 6) is 1.67. The fourth-order valence-electron chi connectivity index (χ4n) is 4.56. The van der Waals surface area contributed by atoms with Gasteiger partial charge in [0.25, 0.3) is 0 Å². The van der Waals surface area contributed by atoms with E-state index in [-0.39, 0.29) is 5.91 Å². The third kappa shape index (κ3) is 11.5. The molecule has 0 bridgehead atoms. The van der Waals surface area contributed by atoms with Crippen molar-refractivity contribution in [2.45, 2.75) is 51.7 Å². The summed E-state index contributed by atoms with van der Waals surface area (Å²) >= 11 is 0. The number of hydrogen-bond donors (Lipinski definition) is 2. The predicted octanol–water partition coefficient (Wildman–Crippen LogP) is 6.90. The monoisotopic (exact) mass is 550 g/mol. The molecule has 0 radical (unpaired) electrons. The normalized spacial score (nSPS) is 10.7. The summed E-state index contributed by atoms with van der Waals surface area (Å²) in [6.07, 6.45) is 5.41. The zero-order valence-corrected chi connectivity index (χ0v) is 23.9. The van der Waals surface area contributed by atoms with Crippen LogP contribution in [0.5, 0.6) is 11.5 Å². The number of ether oxygens (including phenoxy) is 2. The lowest BCUT2D eigenvalue weighted by Gasteiger charge is -2.15. The fourth-order valence-corrected chi connectivity index (χ4v) is 4.56. The molecule has 4 aromatic carbocycles. The van der Waals surface area contributed by atoms with Crippen LogP contribution in [0.2, 0.25) is 0 Å². The molecule has 0 unspecified atom stereocenters. The lowest BCUT2D eigenvalue weighted by atomic mass is 10.1. The van der Waals surface area contributed by atoms with Crippen LogP contribution in [0.4, 0.5) is 0 Å². The Bertz CT molecular complexity index is 1280. The highest BCUT2D eigenvalue weighted by molar-refractivity contribution is 5.75. The van der Waals surface area contributed by atoms with Crippen molar-refractivity contribution in [3.05, 3.63) is 131 Å². The minimum atomic E-state index is 0.148. The van der Waals surface area contributed by atoms with Crippen LogP contribution in [0.1, 0.15) is 47.9 Å². The SMILES string of the molecule is O=C(CCCCCNCCc1ccc(OCc2ccccc2)c(OCc2ccccc2)c1)NCCc1ccccc1. The molecular formula is C36H42N2O3. The van der Waals surface area contributed by atoms with E-state index in [0.717, 1.165) is 67.8 Å². The molecule has 0 aromatic heterocycles. The molecule has 4 aromatic rings. The molecule has 0 aliphatic rings. The topological polar surface area (TPSA) is 59.6 Å². The van der Waals surface area contributed by atoms with Crippen LogP contribution in [0.15, 0.2) is 109 Å². The van der Waals surface area contributed by atoms with Gasteiger partial charge in [-0.2, -0.15) is 0 Å². The van der Waals surface area contributed by atoms with Crippen molar-refractivity contribution in [3.8, 4) is 11.5 Å². The summed E-state index contributed by atoms with van der Waals surface area (Å²) in [6.45, 7) is 3.53. The molecule has 0 fully saturated rings. The third-order valence-electron chi connectivity index (χ3n) is 6.91. The average Bonchev–Trinajstić information content (AvgIpc) is 3.02. The molecule has 5 nitrogen and oxygen atoms in total. The van der Waals surface area contributed by atoms with Gasteiger partial charge in [0.1, 0.15) is 13.2 Å². The van der Waals surface area contributed by atoms with Crippen molar-refractivity contribution < 1.29 is 14.3 Å². The number of amides is 1. The van der Waals surface area contributed by atoms with Crippen LogP contribution in [0, 0.1) is 0 Å². The first-order valence-corrected chi connectivity index (χ1v) is 14.7. The Balaban J connectivity index is 1.14. The Labute approximate surface area is 244 Å². The van der Waals surface area contributed by atoms with Crippen LogP contribution >= 0.6 is 0 Å². The Kier molecular flexibility index (Phi) is 12.8. The molecule has 4 rings (SSSR count). The van der Waals surface area contributed by atoms with E-state index >= 15 is 0 Å². The van der Waals surface area contributed by atoms with Gasteiger partial charge < -0.3 is 20.1 Å². The summed E-state index contributed by atoms with van der Waals surface area (Å²) < 4.78 is 12.3. The maximum absolute atomic E-state index is 12.1. The first-order chi connectivity index (χ1) is 20.3. The summed E-state index contributed by atoms with van der Waals surface area (Å²) in [4.78, 5) is 12.1. The van der Waals surface area contributed by atoms with E-state index < -0.39 is 0 Å². The summed E-state index contributed by atoms with van der Waals surface area (Å²) in [5, 5.41) is 6.57. The molecule has 1 amide bonds. The standard InChI is InChI=1S/C36H42N2O3/c39-36(38-26-23-30-13-5-1-6-14-30)19-11-4-12-24-37-25-22-31-20-21-34(40-28-32-15-7-2-8-16-32)35(27-31)41-29-33-17-9-3-10-18-33/h1-3,5-10,13-18,20-21,27,37H,4,11-12,19,22-26,28-29H2,(H,38,39). The van der Waals surface area contributed by atoms with Crippen molar-refractivity contribution >= 4 is 5.91 Å². The lowest BCUT2D eigenvalue weighted by molar-refractivity contribution is -0.121. The van der Waals surface area contributed by atoms with Gasteiger partial charge in [0.15, 0.2) is 11.5 Å². The van der Waals surface area contributed by atoms with E-state index in [0.29, 0.717) is 26.2 Å². The smallest absolute Gasteiger partial charge is 0.220 e. The van der Waals surface area contributed by atoms with E-state index in [1.54, 1.807) is 0 Å². The zero-order chi connectivity index (χ0) is 28.4. The largest absolute Gasteiger partial charge is 0.485 e. The van der Waals surface area contributed by atoms with Crippen LogP contribution in [-0.4, -0.2) is 25.5 Å². The van der Waals surface area contributed by atoms with Gasteiger partial charge in [0.2, 0.25) is 5.91 Å². The second-order valence-electron chi connectivity index (χ2n) is 10.2. The van der Waals surface area contributed by atoms with Crippen molar-refractivity contribution in [2.24, 2.45) is 0 Å². The molecule has 0 heterocycles. The van der Waals surface area contributed by atoms with Crippen LogP contribution in [0.3, 0.4) is 0 Å². The minimum Gasteiger partial charge on any atom is -0.485 e. The molecule has 41 heavy (non-hydrogen) atoms. The number of hydrogen-bond acceptors (Lipinski definition) is 4. The highest BCUT2D eigenvalue weighted by Crippen LogP contribution is 2.30. The second-order valence-corrected chi connectivity index (χ2v) is 10.2. The summed E-state index contributed by atoms with van der Waals surface area (Å²) in [6, 6.07) is 36.9. The number of rotatable bonds is 18. The lowest BCUT2D eigenvalue weighted by Crippen LogP contribution is -2.25. The summed E-state index contributed by atoms with van der Waals surface area (Å²) in [5.41, 5.74) is 4.71. The summed E-state index contributed by atoms with van der Waals surface area (Å²) in [7, 11) is 0. The number of unbranched alkanes of at least 4 members (excludes halogenated alkanes) is 2. The third-order valence-corrected chi connectivity index (χ3v) is 6.91.